The molecule has 0 aliphatic heterocycles. The van der Waals surface area contributed by atoms with Crippen molar-refractivity contribution in [3.05, 3.63) is 0 Å². The minimum atomic E-state index is -1.05. The van der Waals surface area contributed by atoms with Crippen LogP contribution in [-0.2, 0) is 19.1 Å². The van der Waals surface area contributed by atoms with Crippen molar-refractivity contribution in [3.63, 3.8) is 0 Å². The lowest BCUT2D eigenvalue weighted by Crippen LogP contribution is -2.46. The van der Waals surface area contributed by atoms with Crippen LogP contribution < -0.4 is 5.32 Å². The van der Waals surface area contributed by atoms with Gasteiger partial charge in [-0.05, 0) is 47.3 Å². The van der Waals surface area contributed by atoms with Gasteiger partial charge < -0.3 is 14.8 Å². The average Bonchev–Trinajstić information content (AvgIpc) is 2.23. The number of amides is 1. The van der Waals surface area contributed by atoms with Crippen molar-refractivity contribution in [2.75, 3.05) is 5.75 Å². The van der Waals surface area contributed by atoms with E-state index >= 15 is 0 Å². The molecule has 22 heavy (non-hydrogen) atoms. The zero-order valence-electron chi connectivity index (χ0n) is 14.4. The van der Waals surface area contributed by atoms with Crippen LogP contribution in [0.25, 0.3) is 0 Å². The molecule has 0 bridgehead atoms. The summed E-state index contributed by atoms with van der Waals surface area (Å²) in [5, 5.41) is 2.23. The average molecular weight is 333 g/mol. The van der Waals surface area contributed by atoms with Gasteiger partial charge in [0.15, 0.2) is 5.12 Å². The van der Waals surface area contributed by atoms with Gasteiger partial charge in [-0.2, -0.15) is 0 Å². The van der Waals surface area contributed by atoms with Crippen LogP contribution in [0.4, 0.5) is 4.79 Å². The molecule has 6 nitrogen and oxygen atoms in total. The number of esters is 1. The van der Waals surface area contributed by atoms with E-state index in [2.05, 4.69) is 5.32 Å². The highest BCUT2D eigenvalue weighted by molar-refractivity contribution is 8.13. The summed E-state index contributed by atoms with van der Waals surface area (Å²) in [5.41, 5.74) is -1.39. The second-order valence-electron chi connectivity index (χ2n) is 6.74. The summed E-state index contributed by atoms with van der Waals surface area (Å²) in [5.74, 6) is -0.0461. The third kappa shape index (κ3) is 10.5. The Kier molecular flexibility index (Phi) is 7.93. The van der Waals surface area contributed by atoms with Crippen LogP contribution in [0.15, 0.2) is 0 Å². The first-order valence-electron chi connectivity index (χ1n) is 7.22. The Hall–Kier alpha value is -1.24. The summed E-state index contributed by atoms with van der Waals surface area (Å²) >= 11 is 1.10. The fourth-order valence-corrected chi connectivity index (χ4v) is 2.01. The number of carbonyl (C=O) groups is 3. The second kappa shape index (κ2) is 8.41. The normalized spacial score (nSPS) is 13.2. The van der Waals surface area contributed by atoms with Crippen molar-refractivity contribution in [2.45, 2.75) is 72.1 Å². The topological polar surface area (TPSA) is 81.7 Å². The van der Waals surface area contributed by atoms with Gasteiger partial charge in [0, 0.05) is 6.42 Å². The first kappa shape index (κ1) is 20.8. The zero-order valence-corrected chi connectivity index (χ0v) is 15.3. The van der Waals surface area contributed by atoms with Gasteiger partial charge in [0.2, 0.25) is 0 Å². The molecule has 7 heteroatoms. The molecule has 0 spiro atoms. The molecule has 0 unspecified atom stereocenters. The Labute approximate surface area is 136 Å². The third-order valence-electron chi connectivity index (χ3n) is 2.06. The maximum absolute atomic E-state index is 12.1. The molecule has 0 heterocycles. The summed E-state index contributed by atoms with van der Waals surface area (Å²) in [7, 11) is 0. The fraction of sp³-hybridized carbons (Fsp3) is 0.800. The van der Waals surface area contributed by atoms with Crippen LogP contribution >= 0.6 is 11.8 Å². The lowest BCUT2D eigenvalue weighted by molar-refractivity contribution is -0.158. The molecule has 1 amide bonds. The number of nitrogens with one attached hydrogen (secondary N) is 1. The Morgan fingerprint density at radius 2 is 1.50 bits per heavy atom. The van der Waals surface area contributed by atoms with Crippen LogP contribution in [0.3, 0.4) is 0 Å². The Bertz CT molecular complexity index is 409. The van der Waals surface area contributed by atoms with Crippen molar-refractivity contribution in [1.29, 1.82) is 0 Å². The van der Waals surface area contributed by atoms with E-state index in [1.54, 1.807) is 41.5 Å². The van der Waals surface area contributed by atoms with Gasteiger partial charge in [0.1, 0.15) is 17.2 Å². The summed E-state index contributed by atoms with van der Waals surface area (Å²) in [4.78, 5) is 35.7. The molecule has 1 N–H and O–H groups in total. The number of ether oxygens (including phenoxy) is 2. The molecule has 0 aliphatic rings. The minimum absolute atomic E-state index is 0.132. The lowest BCUT2D eigenvalue weighted by atomic mass is 10.1. The monoisotopic (exact) mass is 333 g/mol. The number of hydrogen-bond acceptors (Lipinski definition) is 6. The molecule has 0 saturated carbocycles. The molecule has 0 rings (SSSR count). The molecular weight excluding hydrogens is 306 g/mol. The summed E-state index contributed by atoms with van der Waals surface area (Å²) in [6, 6.07) is -1.05. The van der Waals surface area contributed by atoms with Crippen LogP contribution in [0.2, 0.25) is 0 Å². The maximum atomic E-state index is 12.1. The Balaban J connectivity index is 4.89. The molecule has 1 atom stereocenters. The molecule has 0 aromatic heterocycles. The number of alkyl carbamates (subject to hydrolysis) is 1. The van der Waals surface area contributed by atoms with Crippen molar-refractivity contribution in [2.24, 2.45) is 0 Å². The Morgan fingerprint density at radius 3 is 1.91 bits per heavy atom. The third-order valence-corrected chi connectivity index (χ3v) is 2.84. The highest BCUT2D eigenvalue weighted by atomic mass is 32.2. The second-order valence-corrected chi connectivity index (χ2v) is 8.06. The molecule has 0 aromatic rings. The Morgan fingerprint density at radius 1 is 1.00 bits per heavy atom. The SMILES string of the molecule is CCSC(=O)C[C@H](NC(=O)OC(C)(C)C)C(=O)OC(C)(C)C. The largest absolute Gasteiger partial charge is 0.458 e. The fourth-order valence-electron chi connectivity index (χ4n) is 1.40. The molecule has 128 valence electrons. The van der Waals surface area contributed by atoms with Gasteiger partial charge in [-0.15, -0.1) is 0 Å². The highest BCUT2D eigenvalue weighted by Crippen LogP contribution is 2.14. The van der Waals surface area contributed by atoms with Gasteiger partial charge in [-0.25, -0.2) is 9.59 Å². The van der Waals surface area contributed by atoms with E-state index in [0.29, 0.717) is 5.75 Å². The quantitative estimate of drug-likeness (QED) is 0.779. The molecule has 0 fully saturated rings. The van der Waals surface area contributed by atoms with Crippen molar-refractivity contribution in [3.8, 4) is 0 Å². The van der Waals surface area contributed by atoms with E-state index in [9.17, 15) is 14.4 Å². The molecule has 0 aliphatic carbocycles. The van der Waals surface area contributed by atoms with Crippen LogP contribution in [-0.4, -0.2) is 40.2 Å². The standard InChI is InChI=1S/C15H27NO5S/c1-8-22-11(17)9-10(12(18)20-14(2,3)4)16-13(19)21-15(5,6)7/h10H,8-9H2,1-7H3,(H,16,19)/t10-/m0/s1. The first-order chi connectivity index (χ1) is 9.84. The molecular formula is C15H27NO5S. The smallest absolute Gasteiger partial charge is 0.408 e. The van der Waals surface area contributed by atoms with Crippen LogP contribution in [0.5, 0.6) is 0 Å². The lowest BCUT2D eigenvalue weighted by Gasteiger charge is -2.25. The van der Waals surface area contributed by atoms with Crippen molar-refractivity contribution >= 4 is 28.9 Å². The zero-order chi connectivity index (χ0) is 17.6. The molecule has 0 aromatic carbocycles. The summed E-state index contributed by atoms with van der Waals surface area (Å²) < 4.78 is 10.4. The van der Waals surface area contributed by atoms with Gasteiger partial charge in [0.05, 0.1) is 0 Å². The van der Waals surface area contributed by atoms with Gasteiger partial charge >= 0.3 is 12.1 Å². The van der Waals surface area contributed by atoms with Crippen molar-refractivity contribution < 1.29 is 23.9 Å². The van der Waals surface area contributed by atoms with Crippen LogP contribution in [0.1, 0.15) is 54.9 Å². The minimum Gasteiger partial charge on any atom is -0.458 e. The van der Waals surface area contributed by atoms with E-state index in [4.69, 9.17) is 9.47 Å². The van der Waals surface area contributed by atoms with E-state index < -0.39 is 29.3 Å². The van der Waals surface area contributed by atoms with E-state index in [1.807, 2.05) is 6.92 Å². The predicted octanol–water partition coefficient (Wildman–Crippen LogP) is 2.89. The maximum Gasteiger partial charge on any atom is 0.408 e. The van der Waals surface area contributed by atoms with Crippen LogP contribution in [0, 0.1) is 0 Å². The number of hydrogen-bond donors (Lipinski definition) is 1. The van der Waals surface area contributed by atoms with Gasteiger partial charge in [-0.3, -0.25) is 4.79 Å². The predicted molar refractivity (Wildman–Crippen MR) is 86.8 cm³/mol. The first-order valence-corrected chi connectivity index (χ1v) is 8.20. The highest BCUT2D eigenvalue weighted by Gasteiger charge is 2.30. The van der Waals surface area contributed by atoms with E-state index in [1.165, 1.54) is 0 Å². The molecule has 0 radical (unpaired) electrons. The summed E-state index contributed by atoms with van der Waals surface area (Å²) in [6.45, 7) is 12.1. The van der Waals surface area contributed by atoms with E-state index in [-0.39, 0.29) is 11.5 Å². The number of carbonyl (C=O) groups excluding carboxylic acids is 3. The van der Waals surface area contributed by atoms with E-state index in [0.717, 1.165) is 11.8 Å². The molecule has 0 saturated heterocycles. The number of thioether (sulfide) groups is 1. The van der Waals surface area contributed by atoms with Gasteiger partial charge in [-0.1, -0.05) is 18.7 Å². The number of rotatable bonds is 5. The summed E-state index contributed by atoms with van der Waals surface area (Å²) in [6.07, 6.45) is -0.884. The van der Waals surface area contributed by atoms with Gasteiger partial charge in [0.25, 0.3) is 0 Å². The van der Waals surface area contributed by atoms with Crippen molar-refractivity contribution in [1.82, 2.24) is 5.32 Å².